The standard InChI is InChI=1S/C23H12BrClN2O3S2.2C18H13BrCl2N2O4S.C17H9BrCl2N2O3S2.C16H10BrCl2NO5S/c24-16-10-17(25)23(28)22(11-16)32(29,30)27-18-6-5-13(12-26)7-15(18)8-19(27)21-9-14-3-1-2-4-20(14)31-21;19-11-8-13(21)17(24)16(9-11)28(26,27)23-14-3-2-12(20)6-10(14)7-15(23)18(25)22-4-1-5-22;19-10-6-14(21)17(24)16(7-10)28(26,27)23-9-13(18(25)22-4-1-5-22)12-8-11(20)2-3-15(12)23;18-9-3-13(20)17(23)16(4-9)27(24,25)22-7-12(15-6-21-8-26-15)11-5-10(19)1-2-14(11)22;1-7-2-8-3-11(18)10(16(22)23)6-13(8)20(7)26(24,25)14-5-9(17)4-12(19)15(14)21/h1-11,28H;2*2-3,6-9,24H,1,4-5H2;1-8,23H;2-6,21H,1H3,(H,22,23). The Kier molecular flexibility index (Phi) is 30.1. The number of carboxylic acids is 1. The second-order valence-electron chi connectivity index (χ2n) is 30.9. The number of likely N-dealkylation sites (tertiary alicyclic amines) is 2. The third-order valence-corrected chi connectivity index (χ3v) is 37.4. The number of nitriles is 1. The number of phenolic OH excluding ortho intramolecular Hbond substituents is 5. The summed E-state index contributed by atoms with van der Waals surface area (Å²) >= 11 is 72.9. The van der Waals surface area contributed by atoms with Gasteiger partial charge in [-0.15, -0.1) is 22.7 Å². The van der Waals surface area contributed by atoms with Gasteiger partial charge in [0.15, 0.2) is 28.7 Å². The number of thiophene rings is 1. The van der Waals surface area contributed by atoms with Crippen LogP contribution in [0.25, 0.3) is 85.6 Å². The highest BCUT2D eigenvalue weighted by Crippen LogP contribution is 2.48. The number of rotatable bonds is 15. The van der Waals surface area contributed by atoms with Crippen LogP contribution in [0.5, 0.6) is 28.7 Å². The number of carbonyl (C=O) groups is 3. The van der Waals surface area contributed by atoms with E-state index in [0.717, 1.165) is 48.6 Å². The third kappa shape index (κ3) is 20.2. The monoisotopic (exact) mass is 2520 g/mol. The lowest BCUT2D eigenvalue weighted by Crippen LogP contribution is -2.43. The van der Waals surface area contributed by atoms with E-state index in [4.69, 9.17) is 104 Å². The number of hydrogen-bond acceptors (Lipinski definition) is 22. The molecule has 0 aliphatic carbocycles. The molecule has 7 aromatic heterocycles. The molecule has 11 aromatic carbocycles. The zero-order chi connectivity index (χ0) is 102. The quantitative estimate of drug-likeness (QED) is 0.0555. The molecule has 20 rings (SSSR count). The number of carbonyl (C=O) groups excluding carboxylic acids is 2. The third-order valence-electron chi connectivity index (χ3n) is 22.0. The Balaban J connectivity index is 0.000000127. The summed E-state index contributed by atoms with van der Waals surface area (Å²) in [4.78, 5) is 44.0. The molecule has 0 unspecified atom stereocenters. The summed E-state index contributed by atoms with van der Waals surface area (Å²) in [6.07, 6.45) is 6.20. The van der Waals surface area contributed by atoms with Crippen LogP contribution < -0.4 is 0 Å². The van der Waals surface area contributed by atoms with Gasteiger partial charge in [-0.25, -0.2) is 66.7 Å². The molecular formula is C92H57Br5Cl9N9O19S7. The van der Waals surface area contributed by atoms with E-state index in [1.54, 1.807) is 101 Å². The first-order valence-corrected chi connectivity index (χ1v) is 56.5. The van der Waals surface area contributed by atoms with Crippen molar-refractivity contribution in [2.45, 2.75) is 44.2 Å². The Labute approximate surface area is 896 Å². The van der Waals surface area contributed by atoms with E-state index < -0.39 is 101 Å². The molecule has 49 heteroatoms. The van der Waals surface area contributed by atoms with Gasteiger partial charge < -0.3 is 40.4 Å². The molecule has 0 spiro atoms. The van der Waals surface area contributed by atoms with E-state index in [2.05, 4.69) is 90.7 Å². The van der Waals surface area contributed by atoms with Gasteiger partial charge in [0.1, 0.15) is 30.2 Å². The van der Waals surface area contributed by atoms with Crippen molar-refractivity contribution in [3.8, 4) is 55.8 Å². The normalized spacial score (nSPS) is 12.8. The number of fused-ring (bicyclic) bond motifs is 6. The number of amides is 2. The van der Waals surface area contributed by atoms with Crippen LogP contribution in [-0.2, 0) is 50.1 Å². The van der Waals surface area contributed by atoms with Crippen molar-refractivity contribution in [3.63, 3.8) is 0 Å². The zero-order valence-electron chi connectivity index (χ0n) is 70.7. The first kappa shape index (κ1) is 104. The molecule has 2 aliphatic rings. The average molecular weight is 2540 g/mol. The van der Waals surface area contributed by atoms with E-state index in [-0.39, 0.29) is 84.1 Å². The number of hydrogen-bond donors (Lipinski definition) is 6. The number of nitrogens with zero attached hydrogens (tertiary/aromatic N) is 9. The van der Waals surface area contributed by atoms with Crippen molar-refractivity contribution >= 4 is 339 Å². The largest absolute Gasteiger partial charge is 0.505 e. The van der Waals surface area contributed by atoms with Crippen LogP contribution in [0.1, 0.15) is 55.3 Å². The van der Waals surface area contributed by atoms with E-state index >= 15 is 0 Å². The van der Waals surface area contributed by atoms with Crippen LogP contribution in [0.15, 0.2) is 265 Å². The van der Waals surface area contributed by atoms with Crippen LogP contribution in [0.3, 0.4) is 0 Å². The van der Waals surface area contributed by atoms with E-state index in [0.29, 0.717) is 124 Å². The smallest absolute Gasteiger partial charge is 0.337 e. The number of aromatic nitrogens is 6. The Morgan fingerprint density at radius 2 is 0.830 bits per heavy atom. The molecule has 2 aliphatic heterocycles. The Morgan fingerprint density at radius 3 is 1.30 bits per heavy atom. The number of thiazole rings is 1. The zero-order valence-corrected chi connectivity index (χ0v) is 91.1. The van der Waals surface area contributed by atoms with Crippen molar-refractivity contribution in [2.75, 3.05) is 26.2 Å². The molecule has 0 atom stereocenters. The second-order valence-corrected chi connectivity index (χ2v) is 50.1. The van der Waals surface area contributed by atoms with Crippen molar-refractivity contribution < 1.29 is 87.1 Å². The molecule has 0 radical (unpaired) electrons. The van der Waals surface area contributed by atoms with Crippen LogP contribution in [0.4, 0.5) is 0 Å². The Morgan fingerprint density at radius 1 is 0.404 bits per heavy atom. The summed E-state index contributed by atoms with van der Waals surface area (Å²) < 4.78 is 142. The van der Waals surface area contributed by atoms with Gasteiger partial charge >= 0.3 is 5.97 Å². The van der Waals surface area contributed by atoms with Crippen LogP contribution >= 0.6 is 207 Å². The van der Waals surface area contributed by atoms with Gasteiger partial charge in [-0.05, 0) is 201 Å². The minimum absolute atomic E-state index is 0.00658. The molecular weight excluding hydrogens is 2480 g/mol. The molecule has 0 saturated carbocycles. The summed E-state index contributed by atoms with van der Waals surface area (Å²) in [6, 6.07) is 51.5. The van der Waals surface area contributed by atoms with Gasteiger partial charge in [-0.2, -0.15) is 5.26 Å². The second kappa shape index (κ2) is 40.8. The number of halogens is 14. The van der Waals surface area contributed by atoms with E-state index in [1.807, 2.05) is 30.3 Å². The molecule has 141 heavy (non-hydrogen) atoms. The van der Waals surface area contributed by atoms with Gasteiger partial charge in [0.2, 0.25) is 0 Å². The average Bonchev–Trinajstić information content (AvgIpc) is 1.59. The maximum atomic E-state index is 13.9. The Bertz CT molecular complexity index is 8990. The maximum Gasteiger partial charge on any atom is 0.337 e. The lowest BCUT2D eigenvalue weighted by atomic mass is 10.1. The SMILES string of the molecule is Cc1cc2cc(Cl)c(C(=O)O)cc2n1S(=O)(=O)c1cc(Br)cc(Cl)c1O.N#Cc1ccc2c(c1)cc(-c1cc3ccccc3s1)n2S(=O)(=O)c1cc(Br)cc(Cl)c1O.O=C(c1cc2cc(Cl)ccc2n1S(=O)(=O)c1cc(Br)cc(Cl)c1O)N1CCC1.O=C(c1cn(S(=O)(=O)c2cc(Br)cc(Cl)c2O)c2ccc(Cl)cc12)N1CCC1.O=S(=O)(c1cc(Br)cc(Cl)c1O)n1cc(-c2cncs2)c2cc(Cl)ccc21. The minimum atomic E-state index is -4.34. The number of benzene rings is 11. The van der Waals surface area contributed by atoms with E-state index in [9.17, 15) is 92.4 Å². The molecule has 724 valence electrons. The number of aromatic hydroxyl groups is 5. The van der Waals surface area contributed by atoms with Gasteiger partial charge in [0.25, 0.3) is 61.9 Å². The Hall–Kier alpha value is -9.63. The summed E-state index contributed by atoms with van der Waals surface area (Å²) in [5, 5.41) is 74.4. The fourth-order valence-corrected chi connectivity index (χ4v) is 30.8. The lowest BCUT2D eigenvalue weighted by Gasteiger charge is -2.31. The van der Waals surface area contributed by atoms with Gasteiger partial charge in [0, 0.05) is 125 Å². The highest BCUT2D eigenvalue weighted by molar-refractivity contribution is 9.11. The summed E-state index contributed by atoms with van der Waals surface area (Å²) in [7, 11) is -21.2. The molecule has 2 amide bonds. The fourth-order valence-electron chi connectivity index (χ4n) is 15.2. The predicted octanol–water partition coefficient (Wildman–Crippen LogP) is 26.2. The maximum absolute atomic E-state index is 13.9. The van der Waals surface area contributed by atoms with Crippen molar-refractivity contribution in [2.24, 2.45) is 0 Å². The van der Waals surface area contributed by atoms with Gasteiger partial charge in [0.05, 0.1) is 101 Å². The molecule has 2 fully saturated rings. The van der Waals surface area contributed by atoms with Crippen molar-refractivity contribution in [1.29, 1.82) is 5.26 Å². The topological polar surface area (TPSA) is 411 Å². The number of carboxylic acid groups (broad SMARTS) is 1. The van der Waals surface area contributed by atoms with Crippen LogP contribution in [0.2, 0.25) is 45.2 Å². The number of phenols is 5. The summed E-state index contributed by atoms with van der Waals surface area (Å²) in [5.74, 6) is -4.70. The molecule has 6 N–H and O–H groups in total. The molecule has 0 bridgehead atoms. The molecule has 28 nitrogen and oxygen atoms in total. The van der Waals surface area contributed by atoms with Gasteiger partial charge in [-0.1, -0.05) is 202 Å². The highest BCUT2D eigenvalue weighted by Gasteiger charge is 2.38. The minimum Gasteiger partial charge on any atom is -0.505 e. The highest BCUT2D eigenvalue weighted by atomic mass is 79.9. The van der Waals surface area contributed by atoms with Crippen molar-refractivity contribution in [1.82, 2.24) is 34.6 Å². The number of aryl methyl sites for hydroxylation is 1. The lowest BCUT2D eigenvalue weighted by molar-refractivity contribution is 0.0641. The molecule has 2 saturated heterocycles. The molecule has 18 aromatic rings. The first-order chi connectivity index (χ1) is 66.5. The first-order valence-electron chi connectivity index (χ1n) is 40.2. The fraction of sp³-hybridized carbons (Fsp3) is 0.0761. The van der Waals surface area contributed by atoms with Crippen LogP contribution in [0, 0.1) is 18.3 Å². The van der Waals surface area contributed by atoms with Gasteiger partial charge in [-0.3, -0.25) is 14.6 Å². The van der Waals surface area contributed by atoms with Crippen LogP contribution in [-0.4, -0.2) is 151 Å². The molecule has 9 heterocycles. The van der Waals surface area contributed by atoms with E-state index in [1.165, 1.54) is 130 Å². The number of aromatic carboxylic acids is 1. The summed E-state index contributed by atoms with van der Waals surface area (Å²) in [6.45, 7) is 3.93. The van der Waals surface area contributed by atoms with Crippen molar-refractivity contribution in [3.05, 3.63) is 314 Å². The summed E-state index contributed by atoms with van der Waals surface area (Å²) in [5.41, 5.74) is 5.01. The predicted molar refractivity (Wildman–Crippen MR) is 566 cm³/mol.